The van der Waals surface area contributed by atoms with Crippen molar-refractivity contribution >= 4 is 16.8 Å². The summed E-state index contributed by atoms with van der Waals surface area (Å²) >= 11 is 0. The molecule has 0 saturated carbocycles. The van der Waals surface area contributed by atoms with E-state index in [1.807, 2.05) is 19.0 Å². The summed E-state index contributed by atoms with van der Waals surface area (Å²) in [5, 5.41) is 10.1. The van der Waals surface area contributed by atoms with E-state index in [9.17, 15) is 9.90 Å². The van der Waals surface area contributed by atoms with Crippen molar-refractivity contribution in [2.24, 2.45) is 5.73 Å². The normalized spacial score (nSPS) is 11.2. The molecule has 1 heterocycles. The van der Waals surface area contributed by atoms with Crippen LogP contribution in [0.4, 0.5) is 0 Å². The van der Waals surface area contributed by atoms with E-state index in [0.717, 1.165) is 11.2 Å². The number of H-pyrrole nitrogens is 1. The van der Waals surface area contributed by atoms with Crippen LogP contribution >= 0.6 is 0 Å². The fourth-order valence-corrected chi connectivity index (χ4v) is 1.95. The van der Waals surface area contributed by atoms with E-state index in [1.54, 1.807) is 18.2 Å². The largest absolute Gasteiger partial charge is 0.508 e. The summed E-state index contributed by atoms with van der Waals surface area (Å²) in [5.41, 5.74) is 7.41. The molecular formula is C12H15N3O2. The molecule has 0 spiro atoms. The summed E-state index contributed by atoms with van der Waals surface area (Å²) < 4.78 is 0. The smallest absolute Gasteiger partial charge is 0.251 e. The van der Waals surface area contributed by atoms with E-state index in [2.05, 4.69) is 4.98 Å². The van der Waals surface area contributed by atoms with Crippen LogP contribution in [0.3, 0.4) is 0 Å². The number of fused-ring (bicyclic) bond motifs is 1. The molecule has 1 aromatic heterocycles. The highest BCUT2D eigenvalue weighted by molar-refractivity contribution is 6.07. The van der Waals surface area contributed by atoms with E-state index in [4.69, 9.17) is 5.73 Å². The number of aromatic hydroxyl groups is 1. The molecule has 17 heavy (non-hydrogen) atoms. The molecule has 0 aliphatic carbocycles. The first-order valence-corrected chi connectivity index (χ1v) is 5.27. The van der Waals surface area contributed by atoms with Gasteiger partial charge in [0.2, 0.25) is 0 Å². The van der Waals surface area contributed by atoms with Gasteiger partial charge in [-0.2, -0.15) is 0 Å². The summed E-state index contributed by atoms with van der Waals surface area (Å²) in [6.07, 6.45) is 0. The lowest BCUT2D eigenvalue weighted by molar-refractivity contribution is 0.100. The maximum absolute atomic E-state index is 11.5. The van der Waals surface area contributed by atoms with Crippen molar-refractivity contribution in [3.63, 3.8) is 0 Å². The van der Waals surface area contributed by atoms with Crippen molar-refractivity contribution in [1.29, 1.82) is 0 Å². The number of aromatic nitrogens is 1. The second-order valence-corrected chi connectivity index (χ2v) is 4.31. The number of primary amides is 1. The first-order chi connectivity index (χ1) is 7.99. The Labute approximate surface area is 98.8 Å². The maximum atomic E-state index is 11.5. The van der Waals surface area contributed by atoms with Crippen molar-refractivity contribution in [2.75, 3.05) is 14.1 Å². The third-order valence-electron chi connectivity index (χ3n) is 2.58. The van der Waals surface area contributed by atoms with E-state index in [-0.39, 0.29) is 5.75 Å². The SMILES string of the molecule is CN(C)Cc1[nH]c2ccc(O)cc2c1C(N)=O. The number of aromatic amines is 1. The molecule has 0 atom stereocenters. The molecule has 2 rings (SSSR count). The van der Waals surface area contributed by atoms with Gasteiger partial charge in [-0.15, -0.1) is 0 Å². The van der Waals surface area contributed by atoms with Gasteiger partial charge in [-0.3, -0.25) is 4.79 Å². The number of hydrogen-bond acceptors (Lipinski definition) is 3. The minimum atomic E-state index is -0.487. The van der Waals surface area contributed by atoms with Crippen LogP contribution in [0.5, 0.6) is 5.75 Å². The van der Waals surface area contributed by atoms with E-state index >= 15 is 0 Å². The minimum absolute atomic E-state index is 0.121. The Balaban J connectivity index is 2.67. The third-order valence-corrected chi connectivity index (χ3v) is 2.58. The summed E-state index contributed by atoms with van der Waals surface area (Å²) in [5.74, 6) is -0.367. The Bertz CT molecular complexity index is 572. The number of rotatable bonds is 3. The zero-order valence-electron chi connectivity index (χ0n) is 9.82. The van der Waals surface area contributed by atoms with Crippen molar-refractivity contribution in [3.8, 4) is 5.75 Å². The van der Waals surface area contributed by atoms with Crippen LogP contribution in [0.2, 0.25) is 0 Å². The molecule has 90 valence electrons. The number of carbonyl (C=O) groups excluding carboxylic acids is 1. The van der Waals surface area contributed by atoms with Gasteiger partial charge >= 0.3 is 0 Å². The van der Waals surface area contributed by atoms with Gasteiger partial charge in [0.15, 0.2) is 0 Å². The Morgan fingerprint density at radius 3 is 2.76 bits per heavy atom. The fraction of sp³-hybridized carbons (Fsp3) is 0.250. The number of nitrogens with one attached hydrogen (secondary N) is 1. The lowest BCUT2D eigenvalue weighted by Gasteiger charge is -2.08. The van der Waals surface area contributed by atoms with Gasteiger partial charge in [0.05, 0.1) is 5.56 Å². The Hall–Kier alpha value is -2.01. The topological polar surface area (TPSA) is 82.3 Å². The van der Waals surface area contributed by atoms with Crippen LogP contribution in [0.25, 0.3) is 10.9 Å². The molecule has 1 aromatic carbocycles. The van der Waals surface area contributed by atoms with Crippen LogP contribution in [-0.2, 0) is 6.54 Å². The van der Waals surface area contributed by atoms with Crippen molar-refractivity contribution in [3.05, 3.63) is 29.5 Å². The van der Waals surface area contributed by atoms with E-state index in [1.165, 1.54) is 0 Å². The van der Waals surface area contributed by atoms with Crippen LogP contribution < -0.4 is 5.73 Å². The minimum Gasteiger partial charge on any atom is -0.508 e. The van der Waals surface area contributed by atoms with Crippen LogP contribution in [0.1, 0.15) is 16.1 Å². The summed E-state index contributed by atoms with van der Waals surface area (Å²) in [7, 11) is 3.82. The van der Waals surface area contributed by atoms with Gasteiger partial charge in [0, 0.05) is 23.1 Å². The van der Waals surface area contributed by atoms with Gasteiger partial charge < -0.3 is 20.7 Å². The summed E-state index contributed by atoms with van der Waals surface area (Å²) in [6.45, 7) is 0.591. The number of hydrogen-bond donors (Lipinski definition) is 3. The van der Waals surface area contributed by atoms with E-state index in [0.29, 0.717) is 17.5 Å². The predicted octanol–water partition coefficient (Wildman–Crippen LogP) is 1.03. The molecule has 0 radical (unpaired) electrons. The van der Waals surface area contributed by atoms with Crippen LogP contribution in [0, 0.1) is 0 Å². The number of phenols is 1. The van der Waals surface area contributed by atoms with Crippen molar-refractivity contribution < 1.29 is 9.90 Å². The van der Waals surface area contributed by atoms with Crippen LogP contribution in [-0.4, -0.2) is 35.0 Å². The first-order valence-electron chi connectivity index (χ1n) is 5.27. The van der Waals surface area contributed by atoms with Gasteiger partial charge in [-0.1, -0.05) is 0 Å². The second kappa shape index (κ2) is 4.10. The highest BCUT2D eigenvalue weighted by Gasteiger charge is 2.16. The van der Waals surface area contributed by atoms with Gasteiger partial charge in [0.1, 0.15) is 5.75 Å². The Kier molecular flexibility index (Phi) is 2.77. The molecule has 4 N–H and O–H groups in total. The maximum Gasteiger partial charge on any atom is 0.251 e. The highest BCUT2D eigenvalue weighted by atomic mass is 16.3. The predicted molar refractivity (Wildman–Crippen MR) is 65.9 cm³/mol. The number of benzene rings is 1. The lowest BCUT2D eigenvalue weighted by atomic mass is 10.1. The molecule has 0 unspecified atom stereocenters. The molecule has 5 nitrogen and oxygen atoms in total. The molecule has 0 aliphatic heterocycles. The molecule has 1 amide bonds. The monoisotopic (exact) mass is 233 g/mol. The second-order valence-electron chi connectivity index (χ2n) is 4.31. The van der Waals surface area contributed by atoms with Gasteiger partial charge in [0.25, 0.3) is 5.91 Å². The van der Waals surface area contributed by atoms with Crippen molar-refractivity contribution in [2.45, 2.75) is 6.54 Å². The molecule has 0 bridgehead atoms. The highest BCUT2D eigenvalue weighted by Crippen LogP contribution is 2.26. The fourth-order valence-electron chi connectivity index (χ4n) is 1.95. The summed E-state index contributed by atoms with van der Waals surface area (Å²) in [6, 6.07) is 4.85. The average Bonchev–Trinajstić information content (AvgIpc) is 2.53. The molecule has 0 saturated heterocycles. The number of nitrogens with zero attached hydrogens (tertiary/aromatic N) is 1. The number of amides is 1. The quantitative estimate of drug-likeness (QED) is 0.740. The number of carbonyl (C=O) groups is 1. The standard InChI is InChI=1S/C12H15N3O2/c1-15(2)6-10-11(12(13)17)8-5-7(16)3-4-9(8)14-10/h3-5,14,16H,6H2,1-2H3,(H2,13,17). The lowest BCUT2D eigenvalue weighted by Crippen LogP contribution is -2.17. The third kappa shape index (κ3) is 2.09. The first kappa shape index (κ1) is 11.5. The number of phenolic OH excluding ortho intramolecular Hbond substituents is 1. The number of nitrogens with two attached hydrogens (primary N) is 1. The zero-order chi connectivity index (χ0) is 12.6. The molecule has 0 aliphatic rings. The zero-order valence-corrected chi connectivity index (χ0v) is 9.82. The Morgan fingerprint density at radius 2 is 2.18 bits per heavy atom. The van der Waals surface area contributed by atoms with Gasteiger partial charge in [-0.05, 0) is 32.3 Å². The summed E-state index contributed by atoms with van der Waals surface area (Å²) in [4.78, 5) is 16.6. The molecule has 5 heteroatoms. The van der Waals surface area contributed by atoms with E-state index < -0.39 is 5.91 Å². The Morgan fingerprint density at radius 1 is 1.47 bits per heavy atom. The molecule has 0 fully saturated rings. The van der Waals surface area contributed by atoms with Crippen LogP contribution in [0.15, 0.2) is 18.2 Å². The van der Waals surface area contributed by atoms with Gasteiger partial charge in [-0.25, -0.2) is 0 Å². The molecular weight excluding hydrogens is 218 g/mol. The average molecular weight is 233 g/mol. The molecule has 2 aromatic rings. The van der Waals surface area contributed by atoms with Crippen molar-refractivity contribution in [1.82, 2.24) is 9.88 Å².